The normalized spacial score (nSPS) is 10.2. The van der Waals surface area contributed by atoms with E-state index in [1.54, 1.807) is 48.7 Å². The molecule has 0 atom stereocenters. The number of rotatable bonds is 3. The maximum absolute atomic E-state index is 10.1. The summed E-state index contributed by atoms with van der Waals surface area (Å²) in [6, 6.07) is 15.9. The predicted molar refractivity (Wildman–Crippen MR) is 81.8 cm³/mol. The number of para-hydroxylation sites is 1. The average Bonchev–Trinajstić information content (AvgIpc) is 3.04. The minimum Gasteiger partial charge on any atom is -0.504 e. The summed E-state index contributed by atoms with van der Waals surface area (Å²) in [6.45, 7) is 1.88. The number of aromatic hydroxyl groups is 1. The van der Waals surface area contributed by atoms with Crippen LogP contribution in [0.1, 0.15) is 11.1 Å². The lowest BCUT2D eigenvalue weighted by Crippen LogP contribution is -1.91. The topological polar surface area (TPSA) is 66.4 Å². The Morgan fingerprint density at radius 1 is 1.09 bits per heavy atom. The molecule has 2 aromatic carbocycles. The van der Waals surface area contributed by atoms with Crippen LogP contribution in [0.2, 0.25) is 0 Å². The van der Waals surface area contributed by atoms with Gasteiger partial charge >= 0.3 is 0 Å². The fourth-order valence-corrected chi connectivity index (χ4v) is 2.22. The zero-order chi connectivity index (χ0) is 15.5. The van der Waals surface area contributed by atoms with Crippen LogP contribution in [0.25, 0.3) is 11.3 Å². The van der Waals surface area contributed by atoms with E-state index < -0.39 is 0 Å². The molecule has 0 unspecified atom stereocenters. The van der Waals surface area contributed by atoms with Crippen molar-refractivity contribution in [1.29, 1.82) is 5.26 Å². The average molecular weight is 291 g/mol. The highest BCUT2D eigenvalue weighted by Crippen LogP contribution is 2.38. The summed E-state index contributed by atoms with van der Waals surface area (Å²) in [5, 5.41) is 19.2. The molecule has 0 aliphatic rings. The molecule has 3 aromatic rings. The van der Waals surface area contributed by atoms with Crippen molar-refractivity contribution >= 4 is 0 Å². The van der Waals surface area contributed by atoms with Gasteiger partial charge < -0.3 is 14.3 Å². The second-order valence-electron chi connectivity index (χ2n) is 4.82. The van der Waals surface area contributed by atoms with Crippen LogP contribution < -0.4 is 4.74 Å². The monoisotopic (exact) mass is 291 g/mol. The van der Waals surface area contributed by atoms with Crippen LogP contribution in [-0.4, -0.2) is 5.11 Å². The number of ether oxygens (including phenoxy) is 1. The van der Waals surface area contributed by atoms with E-state index in [0.717, 1.165) is 11.1 Å². The number of phenolic OH excluding ortho intramolecular Hbond substituents is 1. The van der Waals surface area contributed by atoms with Crippen molar-refractivity contribution in [3.63, 3.8) is 0 Å². The van der Waals surface area contributed by atoms with Gasteiger partial charge in [0, 0.05) is 5.56 Å². The summed E-state index contributed by atoms with van der Waals surface area (Å²) in [4.78, 5) is 0. The summed E-state index contributed by atoms with van der Waals surface area (Å²) in [7, 11) is 0. The number of nitriles is 1. The lowest BCUT2D eigenvalue weighted by Gasteiger charge is -2.12. The van der Waals surface area contributed by atoms with Gasteiger partial charge in [-0.15, -0.1) is 0 Å². The van der Waals surface area contributed by atoms with Crippen molar-refractivity contribution in [3.05, 3.63) is 65.9 Å². The minimum atomic E-state index is 0.0144. The van der Waals surface area contributed by atoms with Gasteiger partial charge in [0.15, 0.2) is 11.5 Å². The van der Waals surface area contributed by atoms with Gasteiger partial charge in [-0.3, -0.25) is 0 Å². The smallest absolute Gasteiger partial charge is 0.169 e. The minimum absolute atomic E-state index is 0.0144. The van der Waals surface area contributed by atoms with E-state index in [-0.39, 0.29) is 11.5 Å². The number of benzene rings is 2. The van der Waals surface area contributed by atoms with Crippen molar-refractivity contribution in [3.8, 4) is 34.6 Å². The van der Waals surface area contributed by atoms with Gasteiger partial charge in [0.1, 0.15) is 17.6 Å². The zero-order valence-corrected chi connectivity index (χ0v) is 11.9. The highest BCUT2D eigenvalue weighted by Gasteiger charge is 2.13. The van der Waals surface area contributed by atoms with Crippen LogP contribution in [0.15, 0.2) is 59.2 Å². The van der Waals surface area contributed by atoms with Crippen molar-refractivity contribution in [2.75, 3.05) is 0 Å². The number of nitrogens with zero attached hydrogens (tertiary/aromatic N) is 1. The molecule has 4 nitrogen and oxygen atoms in total. The van der Waals surface area contributed by atoms with Crippen LogP contribution >= 0.6 is 0 Å². The van der Waals surface area contributed by atoms with Gasteiger partial charge in [-0.05, 0) is 48.9 Å². The van der Waals surface area contributed by atoms with Crippen LogP contribution in [0.5, 0.6) is 17.2 Å². The molecule has 1 N–H and O–H groups in total. The highest BCUT2D eigenvalue weighted by molar-refractivity contribution is 5.67. The molecule has 0 fully saturated rings. The quantitative estimate of drug-likeness (QED) is 0.764. The van der Waals surface area contributed by atoms with E-state index in [4.69, 9.17) is 14.4 Å². The lowest BCUT2D eigenvalue weighted by atomic mass is 10.1. The van der Waals surface area contributed by atoms with Gasteiger partial charge in [0.25, 0.3) is 0 Å². The Kier molecular flexibility index (Phi) is 3.55. The number of furan rings is 1. The summed E-state index contributed by atoms with van der Waals surface area (Å²) in [5.41, 5.74) is 2.10. The fraction of sp³-hybridized carbons (Fsp3) is 0.0556. The molecule has 1 heterocycles. The first-order valence-electron chi connectivity index (χ1n) is 6.73. The molecule has 108 valence electrons. The lowest BCUT2D eigenvalue weighted by molar-refractivity contribution is 0.410. The van der Waals surface area contributed by atoms with Crippen molar-refractivity contribution in [2.24, 2.45) is 0 Å². The second-order valence-corrected chi connectivity index (χ2v) is 4.82. The molecule has 0 aliphatic carbocycles. The molecule has 0 bridgehead atoms. The maximum Gasteiger partial charge on any atom is 0.169 e. The van der Waals surface area contributed by atoms with E-state index in [1.807, 2.05) is 13.0 Å². The third kappa shape index (κ3) is 2.52. The van der Waals surface area contributed by atoms with Gasteiger partial charge in [0.2, 0.25) is 0 Å². The van der Waals surface area contributed by atoms with E-state index in [0.29, 0.717) is 17.1 Å². The van der Waals surface area contributed by atoms with Crippen molar-refractivity contribution < 1.29 is 14.3 Å². The summed E-state index contributed by atoms with van der Waals surface area (Å²) >= 11 is 0. The molecule has 0 amide bonds. The summed E-state index contributed by atoms with van der Waals surface area (Å²) < 4.78 is 11.1. The Morgan fingerprint density at radius 2 is 1.91 bits per heavy atom. The molecule has 0 saturated carbocycles. The molecule has 0 aliphatic heterocycles. The molecule has 3 rings (SSSR count). The van der Waals surface area contributed by atoms with E-state index in [1.165, 1.54) is 0 Å². The fourth-order valence-electron chi connectivity index (χ4n) is 2.22. The molecule has 22 heavy (non-hydrogen) atoms. The molecule has 0 spiro atoms. The maximum atomic E-state index is 10.1. The van der Waals surface area contributed by atoms with E-state index >= 15 is 0 Å². The summed E-state index contributed by atoms with van der Waals surface area (Å²) in [6.07, 6.45) is 1.59. The van der Waals surface area contributed by atoms with Gasteiger partial charge in [0.05, 0.1) is 11.8 Å². The molecular weight excluding hydrogens is 278 g/mol. The van der Waals surface area contributed by atoms with Crippen molar-refractivity contribution in [2.45, 2.75) is 6.92 Å². The van der Waals surface area contributed by atoms with Crippen molar-refractivity contribution in [1.82, 2.24) is 0 Å². The van der Waals surface area contributed by atoms with Crippen LogP contribution in [0.3, 0.4) is 0 Å². The number of hydrogen-bond acceptors (Lipinski definition) is 4. The SMILES string of the molecule is Cc1cc(O)c(Oc2ccccc2C#N)cc1-c1ccco1. The Bertz CT molecular complexity index is 845. The molecule has 4 heteroatoms. The Morgan fingerprint density at radius 3 is 2.64 bits per heavy atom. The first kappa shape index (κ1) is 13.8. The van der Waals surface area contributed by atoms with Gasteiger partial charge in [-0.25, -0.2) is 0 Å². The standard InChI is InChI=1S/C18H13NO3/c1-12-9-15(20)18(10-14(12)17-7-4-8-21-17)22-16-6-3-2-5-13(16)11-19/h2-10,20H,1H3. The van der Waals surface area contributed by atoms with Crippen LogP contribution in [0, 0.1) is 18.3 Å². The first-order chi connectivity index (χ1) is 10.7. The molecular formula is C18H13NO3. The largest absolute Gasteiger partial charge is 0.504 e. The van der Waals surface area contributed by atoms with Gasteiger partial charge in [-0.1, -0.05) is 12.1 Å². The zero-order valence-electron chi connectivity index (χ0n) is 11.9. The molecule has 1 aromatic heterocycles. The Labute approximate surface area is 127 Å². The molecule has 0 radical (unpaired) electrons. The van der Waals surface area contributed by atoms with Crippen LogP contribution in [0.4, 0.5) is 0 Å². The Hall–Kier alpha value is -3.19. The van der Waals surface area contributed by atoms with Crippen LogP contribution in [-0.2, 0) is 0 Å². The second kappa shape index (κ2) is 5.66. The number of aryl methyl sites for hydroxylation is 1. The Balaban J connectivity index is 2.04. The summed E-state index contributed by atoms with van der Waals surface area (Å²) in [5.74, 6) is 1.38. The number of phenols is 1. The van der Waals surface area contributed by atoms with E-state index in [9.17, 15) is 5.11 Å². The highest BCUT2D eigenvalue weighted by atomic mass is 16.5. The third-order valence-electron chi connectivity index (χ3n) is 3.32. The third-order valence-corrected chi connectivity index (χ3v) is 3.32. The molecule has 0 saturated heterocycles. The number of hydrogen-bond donors (Lipinski definition) is 1. The first-order valence-corrected chi connectivity index (χ1v) is 6.73. The van der Waals surface area contributed by atoms with E-state index in [2.05, 4.69) is 6.07 Å². The van der Waals surface area contributed by atoms with Gasteiger partial charge in [-0.2, -0.15) is 5.26 Å². The predicted octanol–water partition coefficient (Wildman–Crippen LogP) is 4.62.